The maximum atomic E-state index is 11.5. The summed E-state index contributed by atoms with van der Waals surface area (Å²) in [5.74, 6) is -3.09. The van der Waals surface area contributed by atoms with Crippen LogP contribution in [0.2, 0.25) is 0 Å². The largest absolute Gasteiger partial charge is 0.464 e. The van der Waals surface area contributed by atoms with Gasteiger partial charge in [-0.25, -0.2) is 0 Å². The number of hydrogen-bond acceptors (Lipinski definition) is 24. The Morgan fingerprint density at radius 3 is 0.756 bits per heavy atom. The van der Waals surface area contributed by atoms with E-state index in [4.69, 9.17) is 56.8 Å². The molecule has 0 spiro atoms. The molecule has 0 radical (unpaired) electrons. The van der Waals surface area contributed by atoms with Crippen LogP contribution in [0.5, 0.6) is 0 Å². The number of nitrogens with zero attached hydrogens (tertiary/aromatic N) is 4. The summed E-state index contributed by atoms with van der Waals surface area (Å²) in [4.78, 5) is 99.0. The van der Waals surface area contributed by atoms with Gasteiger partial charge in [0.05, 0.1) is 77.8 Å². The van der Waals surface area contributed by atoms with Crippen molar-refractivity contribution < 1.29 is 95.2 Å². The minimum absolute atomic E-state index is 0.0423. The van der Waals surface area contributed by atoms with Crippen molar-refractivity contribution >= 4 is 47.8 Å². The van der Waals surface area contributed by atoms with E-state index in [2.05, 4.69) is 70.1 Å². The van der Waals surface area contributed by atoms with E-state index in [1.54, 1.807) is 0 Å². The predicted molar refractivity (Wildman–Crippen MR) is 292 cm³/mol. The lowest BCUT2D eigenvalue weighted by molar-refractivity contribution is -0.151. The van der Waals surface area contributed by atoms with E-state index in [0.29, 0.717) is 78.0 Å². The zero-order valence-corrected chi connectivity index (χ0v) is 50.3. The first-order valence-electron chi connectivity index (χ1n) is 27.3. The molecule has 0 aliphatic rings. The van der Waals surface area contributed by atoms with E-state index in [-0.39, 0.29) is 102 Å². The highest BCUT2D eigenvalue weighted by Crippen LogP contribution is 2.05. The molecule has 0 amide bonds. The average molecular weight is 1130 g/mol. The molecule has 0 rings (SSSR count). The fourth-order valence-electron chi connectivity index (χ4n) is 6.15. The number of hydrogen-bond donors (Lipinski definition) is 0. The van der Waals surface area contributed by atoms with Gasteiger partial charge in [0.1, 0.15) is 52.9 Å². The molecule has 0 N–H and O–H groups in total. The molecule has 0 saturated heterocycles. The number of ether oxygens (including phenoxy) is 12. The Morgan fingerprint density at radius 1 is 0.308 bits per heavy atom. The van der Waals surface area contributed by atoms with Crippen molar-refractivity contribution in [1.29, 1.82) is 0 Å². The van der Waals surface area contributed by atoms with Crippen LogP contribution in [0.3, 0.4) is 0 Å². The highest BCUT2D eigenvalue weighted by Gasteiger charge is 2.16. The topological polar surface area (TPSA) is 260 Å². The molecule has 0 aliphatic heterocycles. The van der Waals surface area contributed by atoms with Gasteiger partial charge >= 0.3 is 47.8 Å². The normalized spacial score (nSPS) is 10.7. The number of carbonyl (C=O) groups is 8. The van der Waals surface area contributed by atoms with Crippen LogP contribution in [0.4, 0.5) is 0 Å². The lowest BCUT2D eigenvalue weighted by Crippen LogP contribution is -2.39. The summed E-state index contributed by atoms with van der Waals surface area (Å²) in [6.07, 6.45) is 2.59. The number of methoxy groups -OCH3 is 4. The van der Waals surface area contributed by atoms with Gasteiger partial charge in [-0.3, -0.25) is 48.2 Å². The molecule has 460 valence electrons. The third-order valence-electron chi connectivity index (χ3n) is 10.4. The minimum Gasteiger partial charge on any atom is -0.464 e. The minimum atomic E-state index is -0.411. The SMILES string of the molecule is CCCN(CCC)CCOC(=O)CCC(=O)OCCOC.CCN(CC)CCOC(=O)CCC(=O)OCCOC.COCCOC(=O)CCC(=O)OCCN(C(C)C)C(C)C.COCCOC(=O)CCC(=O)OCCN(C)C. The third kappa shape index (κ3) is 59.1. The molecule has 24 heteroatoms. The second kappa shape index (κ2) is 58.6. The van der Waals surface area contributed by atoms with Gasteiger partial charge in [0.2, 0.25) is 0 Å². The van der Waals surface area contributed by atoms with Gasteiger partial charge in [0.25, 0.3) is 0 Å². The summed E-state index contributed by atoms with van der Waals surface area (Å²) in [7, 11) is 9.90. The Labute approximate surface area is 467 Å². The molecule has 78 heavy (non-hydrogen) atoms. The summed E-state index contributed by atoms with van der Waals surface area (Å²) < 4.78 is 58.5. The Hall–Kier alpha value is -4.56. The molecule has 0 heterocycles. The van der Waals surface area contributed by atoms with E-state index >= 15 is 0 Å². The van der Waals surface area contributed by atoms with Crippen LogP contribution in [-0.2, 0) is 95.2 Å². The molecule has 0 saturated carbocycles. The highest BCUT2D eigenvalue weighted by atomic mass is 16.6. The van der Waals surface area contributed by atoms with Crippen molar-refractivity contribution in [3.05, 3.63) is 0 Å². The molecule has 0 aromatic rings. The first-order chi connectivity index (χ1) is 37.2. The van der Waals surface area contributed by atoms with Gasteiger partial charge in [-0.2, -0.15) is 0 Å². The van der Waals surface area contributed by atoms with E-state index in [1.807, 2.05) is 19.0 Å². The van der Waals surface area contributed by atoms with Crippen molar-refractivity contribution in [1.82, 2.24) is 19.6 Å². The van der Waals surface area contributed by atoms with Gasteiger partial charge in [-0.15, -0.1) is 0 Å². The smallest absolute Gasteiger partial charge is 0.306 e. The summed E-state index contributed by atoms with van der Waals surface area (Å²) in [5, 5.41) is 0. The Kier molecular flexibility index (Phi) is 60.0. The first kappa shape index (κ1) is 79.9. The zero-order valence-electron chi connectivity index (χ0n) is 50.3. The Morgan fingerprint density at radius 2 is 0.538 bits per heavy atom. The van der Waals surface area contributed by atoms with Crippen LogP contribution < -0.4 is 0 Å². The number of rotatable bonds is 44. The molecule has 0 aliphatic carbocycles. The molecule has 0 bridgehead atoms. The second-order valence-electron chi connectivity index (χ2n) is 17.8. The van der Waals surface area contributed by atoms with Gasteiger partial charge in [-0.05, 0) is 80.8 Å². The van der Waals surface area contributed by atoms with E-state index in [0.717, 1.165) is 52.1 Å². The first-order valence-corrected chi connectivity index (χ1v) is 27.3. The number of likely N-dealkylation sites (N-methyl/N-ethyl adjacent to an activating group) is 2. The van der Waals surface area contributed by atoms with Crippen molar-refractivity contribution in [2.24, 2.45) is 0 Å². The summed E-state index contributed by atoms with van der Waals surface area (Å²) in [6.45, 7) is 27.2. The molecular weight excluding hydrogens is 1020 g/mol. The summed E-state index contributed by atoms with van der Waals surface area (Å²) in [5.41, 5.74) is 0. The highest BCUT2D eigenvalue weighted by molar-refractivity contribution is 5.79. The van der Waals surface area contributed by atoms with Crippen molar-refractivity contribution in [3.63, 3.8) is 0 Å². The maximum Gasteiger partial charge on any atom is 0.306 e. The molecule has 0 aromatic heterocycles. The second-order valence-corrected chi connectivity index (χ2v) is 17.8. The summed E-state index contributed by atoms with van der Waals surface area (Å²) >= 11 is 0. The van der Waals surface area contributed by atoms with Crippen molar-refractivity contribution in [2.45, 2.75) is 132 Å². The quantitative estimate of drug-likeness (QED) is 0.0472. The zero-order chi connectivity index (χ0) is 59.8. The van der Waals surface area contributed by atoms with E-state index < -0.39 is 23.9 Å². The lowest BCUT2D eigenvalue weighted by Gasteiger charge is -2.30. The number of esters is 8. The van der Waals surface area contributed by atoms with E-state index in [9.17, 15) is 38.4 Å². The molecule has 0 aromatic carbocycles. The van der Waals surface area contributed by atoms with Crippen molar-refractivity contribution in [3.8, 4) is 0 Å². The maximum absolute atomic E-state index is 11.5. The van der Waals surface area contributed by atoms with Crippen LogP contribution in [0, 0.1) is 0 Å². The van der Waals surface area contributed by atoms with E-state index in [1.165, 1.54) is 28.4 Å². The van der Waals surface area contributed by atoms with Crippen LogP contribution >= 0.6 is 0 Å². The van der Waals surface area contributed by atoms with Crippen molar-refractivity contribution in [2.75, 3.05) is 174 Å². The third-order valence-corrected chi connectivity index (χ3v) is 10.4. The van der Waals surface area contributed by atoms with Gasteiger partial charge in [0.15, 0.2) is 0 Å². The fraction of sp³-hybridized carbons (Fsp3) is 0.852. The van der Waals surface area contributed by atoms with Crippen LogP contribution in [0.15, 0.2) is 0 Å². The van der Waals surface area contributed by atoms with Gasteiger partial charge in [-0.1, -0.05) is 27.7 Å². The Balaban J connectivity index is -0.000000470. The molecule has 0 atom stereocenters. The van der Waals surface area contributed by atoms with Crippen LogP contribution in [0.1, 0.15) is 120 Å². The van der Waals surface area contributed by atoms with Crippen LogP contribution in [0.25, 0.3) is 0 Å². The lowest BCUT2D eigenvalue weighted by atomic mass is 10.2. The molecule has 24 nitrogen and oxygen atoms in total. The van der Waals surface area contributed by atoms with Gasteiger partial charge in [0, 0.05) is 66.7 Å². The average Bonchev–Trinajstić information content (AvgIpc) is 3.39. The number of carbonyl (C=O) groups excluding carboxylic acids is 8. The molecular formula is C54H104N4O20. The molecule has 0 unspecified atom stereocenters. The summed E-state index contributed by atoms with van der Waals surface area (Å²) in [6, 6.07) is 0.805. The van der Waals surface area contributed by atoms with Gasteiger partial charge < -0.3 is 66.6 Å². The predicted octanol–water partition coefficient (Wildman–Crippen LogP) is 4.14. The monoisotopic (exact) mass is 1130 g/mol. The van der Waals surface area contributed by atoms with Crippen LogP contribution in [-0.4, -0.2) is 254 Å². The standard InChI is InChI=1S/2C15H29NO5.C13H25NO5.C11H21NO5/c1-12(2)16(13(3)4)8-9-20-14(17)6-7-15(18)21-11-10-19-5;1-4-8-16(9-5-2)10-11-20-14(17)6-7-15(18)21-13-12-19-3;1-4-14(5-2)8-9-18-12(15)6-7-13(16)19-11-10-17-3;1-12(2)6-7-16-10(13)4-5-11(14)17-9-8-15-3/h12-13H,6-11H2,1-5H3;4-13H2,1-3H3;4-11H2,1-3H3;4-9H2,1-3H3. The molecule has 0 fully saturated rings. The Bertz CT molecular complexity index is 1490. The fourth-order valence-corrected chi connectivity index (χ4v) is 6.15.